The molecule has 0 aliphatic heterocycles. The van der Waals surface area contributed by atoms with Gasteiger partial charge < -0.3 is 19.3 Å². The summed E-state index contributed by atoms with van der Waals surface area (Å²) in [5, 5.41) is 0. The Morgan fingerprint density at radius 2 is 0.875 bits per heavy atom. The second-order valence-electron chi connectivity index (χ2n) is 15.0. The van der Waals surface area contributed by atoms with Gasteiger partial charge in [-0.05, 0) is 70.6 Å². The molecule has 0 spiro atoms. The smallest absolute Gasteiger partial charge is 0.462 e. The van der Waals surface area contributed by atoms with Crippen LogP contribution in [0.15, 0.2) is 60.8 Å². The molecule has 324 valence electrons. The van der Waals surface area contributed by atoms with Crippen LogP contribution in [0, 0.1) is 0 Å². The van der Waals surface area contributed by atoms with Gasteiger partial charge in [0.1, 0.15) is 6.61 Å². The Balaban J connectivity index is 3.93. The van der Waals surface area contributed by atoms with E-state index >= 15 is 0 Å². The molecule has 0 aromatic carbocycles. The molecular formula is C47H83O8P. The summed E-state index contributed by atoms with van der Waals surface area (Å²) in [4.78, 5) is 42.9. The maximum absolute atomic E-state index is 12.4. The molecule has 0 rings (SSSR count). The van der Waals surface area contributed by atoms with Crippen molar-refractivity contribution in [3.05, 3.63) is 60.8 Å². The number of hydrogen-bond acceptors (Lipinski definition) is 6. The molecule has 1 atom stereocenters. The lowest BCUT2D eigenvalue weighted by Gasteiger charge is -2.18. The summed E-state index contributed by atoms with van der Waals surface area (Å²) in [6.45, 7) is 3.53. The highest BCUT2D eigenvalue weighted by Gasteiger charge is 2.22. The second kappa shape index (κ2) is 42.4. The molecule has 0 saturated heterocycles. The Kier molecular flexibility index (Phi) is 40.7. The van der Waals surface area contributed by atoms with Gasteiger partial charge >= 0.3 is 19.8 Å². The SMILES string of the molecule is CC/C=C/C/C=C/C/C=C/C/C=C/CCCCC(=O)OC[C@H](COP(=O)(O)O)OC(=O)CCC/C=C/CCCCCCCCCCCCCCCCCCCC. The van der Waals surface area contributed by atoms with Crippen molar-refractivity contribution in [2.45, 2.75) is 213 Å². The van der Waals surface area contributed by atoms with Crippen molar-refractivity contribution < 1.29 is 37.9 Å². The minimum Gasteiger partial charge on any atom is -0.462 e. The summed E-state index contributed by atoms with van der Waals surface area (Å²) in [6, 6.07) is 0. The fourth-order valence-electron chi connectivity index (χ4n) is 6.19. The van der Waals surface area contributed by atoms with Crippen LogP contribution in [0.2, 0.25) is 0 Å². The van der Waals surface area contributed by atoms with Crippen molar-refractivity contribution in [1.29, 1.82) is 0 Å². The number of unbranched alkanes of at least 4 members (excludes halogenated alkanes) is 21. The van der Waals surface area contributed by atoms with Crippen molar-refractivity contribution in [2.24, 2.45) is 0 Å². The lowest BCUT2D eigenvalue weighted by molar-refractivity contribution is -0.161. The normalized spacial score (nSPS) is 13.0. The first kappa shape index (κ1) is 53.8. The van der Waals surface area contributed by atoms with Crippen molar-refractivity contribution in [3.8, 4) is 0 Å². The Hall–Kier alpha value is -2.25. The molecule has 2 N–H and O–H groups in total. The lowest BCUT2D eigenvalue weighted by Crippen LogP contribution is -2.29. The molecule has 0 radical (unpaired) electrons. The first-order valence-corrected chi connectivity index (χ1v) is 24.1. The van der Waals surface area contributed by atoms with E-state index in [4.69, 9.17) is 19.3 Å². The van der Waals surface area contributed by atoms with Gasteiger partial charge in [0.15, 0.2) is 6.10 Å². The molecule has 56 heavy (non-hydrogen) atoms. The molecule has 0 aromatic rings. The van der Waals surface area contributed by atoms with Crippen molar-refractivity contribution in [1.82, 2.24) is 0 Å². The molecule has 0 saturated carbocycles. The van der Waals surface area contributed by atoms with Gasteiger partial charge in [-0.15, -0.1) is 0 Å². The maximum Gasteiger partial charge on any atom is 0.469 e. The van der Waals surface area contributed by atoms with Gasteiger partial charge in [-0.3, -0.25) is 14.1 Å². The van der Waals surface area contributed by atoms with Crippen LogP contribution in [0.4, 0.5) is 0 Å². The Labute approximate surface area is 343 Å². The van der Waals surface area contributed by atoms with Gasteiger partial charge in [0.25, 0.3) is 0 Å². The third-order valence-electron chi connectivity index (χ3n) is 9.52. The summed E-state index contributed by atoms with van der Waals surface area (Å²) in [7, 11) is -4.77. The van der Waals surface area contributed by atoms with Crippen LogP contribution in [-0.4, -0.2) is 41.0 Å². The van der Waals surface area contributed by atoms with E-state index in [1.165, 1.54) is 116 Å². The summed E-state index contributed by atoms with van der Waals surface area (Å²) in [5.74, 6) is -0.970. The monoisotopic (exact) mass is 807 g/mol. The molecular weight excluding hydrogens is 723 g/mol. The molecule has 0 fully saturated rings. The van der Waals surface area contributed by atoms with Gasteiger partial charge in [-0.1, -0.05) is 184 Å². The molecule has 0 bridgehead atoms. The fourth-order valence-corrected chi connectivity index (χ4v) is 6.55. The summed E-state index contributed by atoms with van der Waals surface area (Å²) in [6.07, 6.45) is 54.0. The standard InChI is InChI=1S/C47H83O8P/c1-3-5-7-9-11-13-15-17-19-20-21-22-23-24-25-26-28-30-32-34-36-38-40-42-47(49)55-45(44-54-56(50,51)52)43-53-46(48)41-39-37-35-33-31-29-27-18-16-14-12-10-8-6-4-2/h6,8,12,14,18,27,31,33-34,36,45H,3-5,7,9-11,13,15-17,19-26,28-30,32,35,37-44H2,1-2H3,(H2,50,51,52)/b8-6+,14-12+,27-18+,33-31+,36-34+/t45-/m1/s1. The summed E-state index contributed by atoms with van der Waals surface area (Å²) in [5.41, 5.74) is 0. The maximum atomic E-state index is 12.4. The molecule has 0 amide bonds. The molecule has 9 heteroatoms. The Morgan fingerprint density at radius 1 is 0.482 bits per heavy atom. The molecule has 0 aliphatic carbocycles. The average Bonchev–Trinajstić information content (AvgIpc) is 3.17. The molecule has 0 unspecified atom stereocenters. The number of allylic oxidation sites excluding steroid dienone is 10. The fraction of sp³-hybridized carbons (Fsp3) is 0.745. The number of carbonyl (C=O) groups is 2. The van der Waals surface area contributed by atoms with Crippen LogP contribution in [0.3, 0.4) is 0 Å². The van der Waals surface area contributed by atoms with Crippen LogP contribution in [-0.2, 0) is 28.2 Å². The van der Waals surface area contributed by atoms with Crippen LogP contribution in [0.25, 0.3) is 0 Å². The molecule has 0 aliphatic rings. The average molecular weight is 807 g/mol. The number of ether oxygens (including phenoxy) is 2. The van der Waals surface area contributed by atoms with Gasteiger partial charge in [-0.2, -0.15) is 0 Å². The van der Waals surface area contributed by atoms with E-state index in [1.807, 2.05) is 0 Å². The number of phosphoric ester groups is 1. The summed E-state index contributed by atoms with van der Waals surface area (Å²) < 4.78 is 26.3. The highest BCUT2D eigenvalue weighted by Crippen LogP contribution is 2.36. The van der Waals surface area contributed by atoms with Gasteiger partial charge in [0.05, 0.1) is 6.61 Å². The quantitative estimate of drug-likeness (QED) is 0.0271. The minimum atomic E-state index is -4.77. The highest BCUT2D eigenvalue weighted by atomic mass is 31.2. The van der Waals surface area contributed by atoms with E-state index in [0.29, 0.717) is 12.8 Å². The van der Waals surface area contributed by atoms with E-state index in [2.05, 4.69) is 79.1 Å². The summed E-state index contributed by atoms with van der Waals surface area (Å²) >= 11 is 0. The lowest BCUT2D eigenvalue weighted by atomic mass is 10.0. The minimum absolute atomic E-state index is 0.154. The number of carbonyl (C=O) groups excluding carboxylic acids is 2. The molecule has 8 nitrogen and oxygen atoms in total. The van der Waals surface area contributed by atoms with E-state index in [1.54, 1.807) is 0 Å². The predicted molar refractivity (Wildman–Crippen MR) is 234 cm³/mol. The number of esters is 2. The molecule has 0 aromatic heterocycles. The first-order chi connectivity index (χ1) is 27.3. The number of phosphoric acid groups is 1. The predicted octanol–water partition coefficient (Wildman–Crippen LogP) is 14.1. The largest absolute Gasteiger partial charge is 0.469 e. The van der Waals surface area contributed by atoms with Crippen molar-refractivity contribution in [3.63, 3.8) is 0 Å². The van der Waals surface area contributed by atoms with Crippen molar-refractivity contribution in [2.75, 3.05) is 13.2 Å². The van der Waals surface area contributed by atoms with E-state index in [9.17, 15) is 14.2 Å². The van der Waals surface area contributed by atoms with E-state index in [0.717, 1.165) is 51.4 Å². The third-order valence-corrected chi connectivity index (χ3v) is 10.0. The number of hydrogen-bond donors (Lipinski definition) is 2. The van der Waals surface area contributed by atoms with Gasteiger partial charge in [0.2, 0.25) is 0 Å². The first-order valence-electron chi connectivity index (χ1n) is 22.6. The van der Waals surface area contributed by atoms with E-state index < -0.39 is 32.5 Å². The third kappa shape index (κ3) is 44.5. The second-order valence-corrected chi connectivity index (χ2v) is 16.2. The molecule has 0 heterocycles. The van der Waals surface area contributed by atoms with Gasteiger partial charge in [-0.25, -0.2) is 4.57 Å². The topological polar surface area (TPSA) is 119 Å². The highest BCUT2D eigenvalue weighted by molar-refractivity contribution is 7.46. The van der Waals surface area contributed by atoms with Crippen molar-refractivity contribution >= 4 is 19.8 Å². The zero-order chi connectivity index (χ0) is 41.1. The zero-order valence-corrected chi connectivity index (χ0v) is 36.7. The Bertz CT molecular complexity index is 1090. The van der Waals surface area contributed by atoms with Crippen LogP contribution < -0.4 is 0 Å². The zero-order valence-electron chi connectivity index (χ0n) is 35.8. The van der Waals surface area contributed by atoms with E-state index in [-0.39, 0.29) is 19.4 Å². The van der Waals surface area contributed by atoms with Crippen LogP contribution in [0.5, 0.6) is 0 Å². The van der Waals surface area contributed by atoms with Crippen LogP contribution in [0.1, 0.15) is 206 Å². The van der Waals surface area contributed by atoms with Gasteiger partial charge in [0, 0.05) is 12.8 Å². The van der Waals surface area contributed by atoms with Crippen LogP contribution >= 0.6 is 7.82 Å². The number of rotatable bonds is 41. The Morgan fingerprint density at radius 3 is 1.36 bits per heavy atom.